The van der Waals surface area contributed by atoms with Gasteiger partial charge in [0.25, 0.3) is 22.5 Å². The first kappa shape index (κ1) is 94.6. The zero-order valence-electron chi connectivity index (χ0n) is 64.6. The number of carbonyl (C=O) groups is 2. The van der Waals surface area contributed by atoms with Gasteiger partial charge in [-0.2, -0.15) is 8.62 Å². The predicted octanol–water partition coefficient (Wildman–Crippen LogP) is 9.57. The van der Waals surface area contributed by atoms with Crippen LogP contribution in [0.25, 0.3) is 0 Å². The number of ether oxygens (including phenoxy) is 8. The molecule has 4 aliphatic rings. The first-order valence-electron chi connectivity index (χ1n) is 34.7. The minimum Gasteiger partial charge on any atom is -0.497 e. The van der Waals surface area contributed by atoms with E-state index in [1.54, 1.807) is 47.7 Å². The molecule has 0 radical (unpaired) electrons. The first-order chi connectivity index (χ1) is 51.5. The molecular formula is C66H99BrClN8O32P3Si. The number of nitrogens with zero attached hydrogens (tertiary/aromatic N) is 6. The van der Waals surface area contributed by atoms with E-state index in [1.165, 1.54) is 61.7 Å². The number of aliphatic hydroxyl groups is 3. The number of hydrogen-bond acceptors (Lipinski definition) is 28. The summed E-state index contributed by atoms with van der Waals surface area (Å²) in [7, 11) is -16.1. The average Bonchev–Trinajstić information content (AvgIpc) is 1.57. The molecule has 0 spiro atoms. The number of aliphatic hydroxyl groups excluding tert-OH is 3. The van der Waals surface area contributed by atoms with E-state index < -0.39 is 173 Å². The highest BCUT2D eigenvalue weighted by molar-refractivity contribution is 9.09. The fourth-order valence-corrected chi connectivity index (χ4v) is 17.0. The van der Waals surface area contributed by atoms with E-state index in [1.807, 2.05) is 20.8 Å². The summed E-state index contributed by atoms with van der Waals surface area (Å²) in [5.74, 6) is 0.740. The smallest absolute Gasteiger partial charge is 0.490 e. The van der Waals surface area contributed by atoms with Crippen molar-refractivity contribution in [1.29, 1.82) is 0 Å². The average molecular weight is 1750 g/mol. The number of benzene rings is 2. The second-order valence-electron chi connectivity index (χ2n) is 31.0. The molecule has 40 nitrogen and oxygen atoms in total. The number of methoxy groups -OCH3 is 2. The number of H-pyrrole nitrogens is 2. The normalized spacial score (nSPS) is 23.5. The van der Waals surface area contributed by atoms with Crippen LogP contribution in [0.4, 0.5) is 21.0 Å². The zero-order chi connectivity index (χ0) is 84.7. The van der Waals surface area contributed by atoms with Gasteiger partial charge in [-0.1, -0.05) is 96.8 Å². The molecule has 9 N–H and O–H groups in total. The maximum atomic E-state index is 13.4. The lowest BCUT2D eigenvalue weighted by molar-refractivity contribution is -0.386. The number of nitrogens with one attached hydrogen (secondary N) is 2. The predicted molar refractivity (Wildman–Crippen MR) is 404 cm³/mol. The van der Waals surface area contributed by atoms with Crippen LogP contribution in [0.5, 0.6) is 11.5 Å². The molecule has 0 aliphatic carbocycles. The Morgan fingerprint density at radius 1 is 0.696 bits per heavy atom. The molecule has 3 fully saturated rings. The highest BCUT2D eigenvalue weighted by Crippen LogP contribution is 2.66. The van der Waals surface area contributed by atoms with Crippen LogP contribution in [-0.4, -0.2) is 181 Å². The van der Waals surface area contributed by atoms with Gasteiger partial charge in [0.2, 0.25) is 0 Å². The summed E-state index contributed by atoms with van der Waals surface area (Å²) in [6.45, 7) is 27.0. The van der Waals surface area contributed by atoms with Crippen molar-refractivity contribution in [2.75, 3.05) is 32.8 Å². The van der Waals surface area contributed by atoms with Crippen molar-refractivity contribution in [2.24, 2.45) is 10.8 Å². The van der Waals surface area contributed by atoms with E-state index in [2.05, 4.69) is 79.8 Å². The van der Waals surface area contributed by atoms with Crippen molar-refractivity contribution >= 4 is 82.8 Å². The van der Waals surface area contributed by atoms with Crippen LogP contribution in [-0.2, 0) is 72.9 Å². The zero-order valence-corrected chi connectivity index (χ0v) is 70.6. The molecule has 2 aromatic heterocycles. The Morgan fingerprint density at radius 3 is 1.53 bits per heavy atom. The number of phosphoric ester groups is 1. The monoisotopic (exact) mass is 1750 g/mol. The molecule has 3 saturated heterocycles. The quantitative estimate of drug-likeness (QED) is 0.00669. The second kappa shape index (κ2) is 37.8. The van der Waals surface area contributed by atoms with Crippen molar-refractivity contribution in [3.05, 3.63) is 145 Å². The number of alkyl halides is 2. The number of nitro groups is 2. The molecular weight excluding hydrogens is 1650 g/mol. The third-order valence-corrected chi connectivity index (χ3v) is 27.5. The van der Waals surface area contributed by atoms with E-state index in [-0.39, 0.29) is 70.3 Å². The summed E-state index contributed by atoms with van der Waals surface area (Å²) in [6.07, 6.45) is -5.18. The van der Waals surface area contributed by atoms with E-state index in [0.717, 1.165) is 26.7 Å². The number of rotatable bonds is 27. The summed E-state index contributed by atoms with van der Waals surface area (Å²) in [5, 5.41) is 53.5. The molecule has 4 aliphatic heterocycles. The Balaban J connectivity index is 0.000000268. The van der Waals surface area contributed by atoms with E-state index in [0.29, 0.717) is 28.8 Å². The first-order valence-corrected chi connectivity index (χ1v) is 43.7. The molecule has 4 aromatic rings. The number of halogens is 2. The maximum Gasteiger partial charge on any atom is 0.490 e. The van der Waals surface area contributed by atoms with Crippen LogP contribution in [0.3, 0.4) is 0 Å². The van der Waals surface area contributed by atoms with Crippen LogP contribution in [0.15, 0.2) is 79.7 Å². The highest BCUT2D eigenvalue weighted by Gasteiger charge is 2.50. The van der Waals surface area contributed by atoms with Gasteiger partial charge in [-0.15, -0.1) is 0 Å². The molecule has 112 heavy (non-hydrogen) atoms. The number of imide groups is 1. The number of nitro benzene ring substituents is 2. The van der Waals surface area contributed by atoms with Crippen molar-refractivity contribution in [3.8, 4) is 11.5 Å². The molecule has 3 unspecified atom stereocenters. The Morgan fingerprint density at radius 2 is 1.14 bits per heavy atom. The fourth-order valence-electron chi connectivity index (χ4n) is 11.7. The van der Waals surface area contributed by atoms with Crippen LogP contribution in [0, 0.1) is 31.1 Å². The highest BCUT2D eigenvalue weighted by atomic mass is 79.9. The summed E-state index contributed by atoms with van der Waals surface area (Å²) in [4.78, 5) is 141. The van der Waals surface area contributed by atoms with Crippen molar-refractivity contribution in [3.63, 3.8) is 0 Å². The van der Waals surface area contributed by atoms with Gasteiger partial charge in [-0.25, -0.2) is 37.8 Å². The summed E-state index contributed by atoms with van der Waals surface area (Å²) >= 11 is 9.90. The van der Waals surface area contributed by atoms with Crippen molar-refractivity contribution < 1.29 is 123 Å². The van der Waals surface area contributed by atoms with Crippen LogP contribution < -0.4 is 32.0 Å². The molecule has 2 aromatic carbocycles. The summed E-state index contributed by atoms with van der Waals surface area (Å²) < 4.78 is 99.9. The van der Waals surface area contributed by atoms with Gasteiger partial charge in [0.15, 0.2) is 8.32 Å². The maximum absolute atomic E-state index is 13.4. The number of phosphoric acid groups is 3. The Kier molecular flexibility index (Phi) is 31.9. The van der Waals surface area contributed by atoms with E-state index in [9.17, 15) is 87.8 Å². The lowest BCUT2D eigenvalue weighted by Gasteiger charge is -2.39. The van der Waals surface area contributed by atoms with Gasteiger partial charge in [0.1, 0.15) is 53.5 Å². The van der Waals surface area contributed by atoms with Gasteiger partial charge >= 0.3 is 47.0 Å². The summed E-state index contributed by atoms with van der Waals surface area (Å²) in [5.41, 5.74) is -5.59. The molecule has 3 amide bonds. The molecule has 8 rings (SSSR count). The van der Waals surface area contributed by atoms with E-state index in [4.69, 9.17) is 63.7 Å². The number of urea groups is 1. The van der Waals surface area contributed by atoms with Gasteiger partial charge in [-0.05, 0) is 86.0 Å². The van der Waals surface area contributed by atoms with Gasteiger partial charge < -0.3 is 77.2 Å². The lowest BCUT2D eigenvalue weighted by atomic mass is 9.83. The van der Waals surface area contributed by atoms with Crippen molar-refractivity contribution in [2.45, 2.75) is 226 Å². The van der Waals surface area contributed by atoms with Gasteiger partial charge in [-0.3, -0.25) is 58.3 Å². The van der Waals surface area contributed by atoms with E-state index >= 15 is 0 Å². The molecule has 46 heteroatoms. The molecule has 628 valence electrons. The lowest BCUT2D eigenvalue weighted by Crippen LogP contribution is -2.56. The van der Waals surface area contributed by atoms with Gasteiger partial charge in [0, 0.05) is 55.3 Å². The molecule has 0 bridgehead atoms. The fraction of sp³-hybridized carbons (Fsp3) is 0.636. The van der Waals surface area contributed by atoms with Gasteiger partial charge in [0.05, 0.1) is 109 Å². The molecule has 14 atom stereocenters. The Labute approximate surface area is 657 Å². The van der Waals surface area contributed by atoms with Crippen LogP contribution >= 0.6 is 51.0 Å². The Hall–Kier alpha value is -6.28. The van der Waals surface area contributed by atoms with Crippen molar-refractivity contribution in [1.82, 2.24) is 28.9 Å². The van der Waals surface area contributed by atoms with Crippen LogP contribution in [0.2, 0.25) is 18.1 Å². The number of aromatic nitrogens is 4. The van der Waals surface area contributed by atoms with Crippen LogP contribution in [0.1, 0.15) is 163 Å². The second-order valence-corrected chi connectivity index (χ2v) is 41.1. The minimum absolute atomic E-state index is 0.0537. The number of amides is 3. The summed E-state index contributed by atoms with van der Waals surface area (Å²) in [6, 6.07) is 7.90. The standard InChI is InChI=1S/C22H38BrClN2O5Si.C22H32N3O18P3.C22H29N3O9/c1-10-15-16(31-32(8,9)22(5,6)7)11-17(29-15)25-13-14(12-23)18(24)26(19(25)27)20(28)30-21(2,3)4;1-22(2,3)19(14-7-13(38-4)5-6-15(14)25(29)30)39-10-12-9-24(21(28)23-20(12)27)18-8-16(26)17(41-18)11-40-45(34,35)43-46(36,37)42-44(31,32)33;1-22(2,3)19(14-7-13(32-4)5-6-15(14)25(30)31)33-11-12-9-24(21(29)23-20(12)28)18-8-16(27)17(10-26)34-18/h13,15-18H,10-12H2,1-9H3;5-7,9,16-19,26H,8,10-11H2,1-4H3,(H,34,35)(H,36,37)(H,23,27,28)(H2,31,32,33);5-7,9,16-19,26-27H,8,10-11H2,1-4H3,(H,23,28,29)/t15-,16-,17-,18?;2*16-,17-,18-,19-/m111/s1. The minimum atomic E-state index is -5.78. The third-order valence-electron chi connectivity index (χ3n) is 18.1. The number of hydrogen-bond donors (Lipinski definition) is 9. The molecule has 0 saturated carbocycles. The topological polar surface area (TPSA) is 540 Å². The largest absolute Gasteiger partial charge is 0.497 e. The SMILES string of the molecule is CC[C@H]1O[C@@H](N2C=C(CBr)C(Cl)N(C(=O)OC(C)(C)C)C2=O)C[C@H]1O[Si](C)(C)C(C)(C)C.COc1ccc([N+](=O)[O-])c([C@@H](OCc2cn([C@H]3C[C@@H](O)[C@@H](CO)O3)c(=O)[nH]c2=O)C(C)(C)C)c1.COc1ccc([N+](=O)[O-])c([C@@H](OCc2cn([C@H]3C[C@@H](O)[C@@H](COP(=O)(O)OP(=O)(O)OP(=O)(O)O)O3)c(=O)[nH]c2=O)C(C)(C)C)c1. The number of aromatic amines is 2. The Bertz CT molecular complexity index is 4460. The third kappa shape index (κ3) is 25.1. The number of carbonyl (C=O) groups excluding carboxylic acids is 2. The molecule has 6 heterocycles.